The number of aliphatic hydroxyl groups is 1. The van der Waals surface area contributed by atoms with E-state index in [4.69, 9.17) is 9.47 Å². The van der Waals surface area contributed by atoms with Gasteiger partial charge in [-0.15, -0.1) is 0 Å². The Morgan fingerprint density at radius 1 is 1.16 bits per heavy atom. The highest BCUT2D eigenvalue weighted by Gasteiger charge is 2.41. The Bertz CT molecular complexity index is 1290. The second kappa shape index (κ2) is 11.6. The van der Waals surface area contributed by atoms with Gasteiger partial charge in [-0.1, -0.05) is 0 Å². The fraction of sp³-hybridized carbons (Fsp3) is 0.429. The molecule has 2 heterocycles. The highest BCUT2D eigenvalue weighted by molar-refractivity contribution is 5.85. The zero-order chi connectivity index (χ0) is 27.4. The maximum atomic E-state index is 13.8. The lowest BCUT2D eigenvalue weighted by molar-refractivity contribution is -0.153. The lowest BCUT2D eigenvalue weighted by atomic mass is 9.74. The van der Waals surface area contributed by atoms with Gasteiger partial charge < -0.3 is 19.7 Å². The molecule has 7 nitrogen and oxygen atoms in total. The summed E-state index contributed by atoms with van der Waals surface area (Å²) in [6, 6.07) is 6.56. The molecule has 4 rings (SSSR count). The third-order valence-electron chi connectivity index (χ3n) is 7.43. The van der Waals surface area contributed by atoms with Crippen LogP contribution in [0.5, 0.6) is 11.5 Å². The van der Waals surface area contributed by atoms with Gasteiger partial charge in [0.15, 0.2) is 17.4 Å². The highest BCUT2D eigenvalue weighted by Crippen LogP contribution is 2.40. The molecular weight excluding hydrogens is 501 g/mol. The Balaban J connectivity index is 1.37. The molecule has 0 bridgehead atoms. The van der Waals surface area contributed by atoms with Crippen molar-refractivity contribution in [1.29, 1.82) is 0 Å². The van der Waals surface area contributed by atoms with Crippen molar-refractivity contribution in [2.24, 2.45) is 5.41 Å². The number of rotatable bonds is 10. The number of nitrogens with zero attached hydrogens (tertiary/aromatic N) is 2. The number of piperidine rings is 1. The van der Waals surface area contributed by atoms with Gasteiger partial charge in [0.25, 0.3) is 0 Å². The van der Waals surface area contributed by atoms with Gasteiger partial charge in [0.2, 0.25) is 0 Å². The van der Waals surface area contributed by atoms with Crippen LogP contribution in [0.4, 0.5) is 13.2 Å². The number of carbonyl (C=O) groups is 1. The predicted octanol–water partition coefficient (Wildman–Crippen LogP) is 5.03. The topological polar surface area (TPSA) is 92.1 Å². The second-order valence-corrected chi connectivity index (χ2v) is 9.77. The van der Waals surface area contributed by atoms with Gasteiger partial charge in [-0.3, -0.25) is 14.7 Å². The molecule has 0 unspecified atom stereocenters. The van der Waals surface area contributed by atoms with Gasteiger partial charge in [-0.2, -0.15) is 0 Å². The lowest BCUT2D eigenvalue weighted by Crippen LogP contribution is -2.45. The minimum Gasteiger partial charge on any atom is -0.497 e. The van der Waals surface area contributed by atoms with Gasteiger partial charge in [0.1, 0.15) is 18.2 Å². The first-order valence-corrected chi connectivity index (χ1v) is 12.5. The number of aryl methyl sites for hydroxylation is 1. The van der Waals surface area contributed by atoms with Crippen LogP contribution < -0.4 is 9.47 Å². The van der Waals surface area contributed by atoms with Crippen molar-refractivity contribution in [3.05, 3.63) is 65.1 Å². The van der Waals surface area contributed by atoms with E-state index in [2.05, 4.69) is 4.98 Å². The minimum atomic E-state index is -1.11. The number of ether oxygens (including phenoxy) is 2. The standard InChI is InChI=1S/C28H31F3N2O5/c1-17-16-32-23-4-3-19(37-2)15-20(23)25(17)24(34)5-6-28(27(35)36)7-9-33(10-8-28)11-12-38-26-21(30)13-18(29)14-22(26)31/h3-4,13-16,24,34H,5-12H2,1-2H3,(H,35,36)/t24-/m0/s1. The van der Waals surface area contributed by atoms with Crippen LogP contribution in [-0.4, -0.2) is 59.4 Å². The van der Waals surface area contributed by atoms with Crippen LogP contribution in [-0.2, 0) is 4.79 Å². The summed E-state index contributed by atoms with van der Waals surface area (Å²) in [5, 5.41) is 22.0. The van der Waals surface area contributed by atoms with Crippen LogP contribution in [0, 0.1) is 29.8 Å². The van der Waals surface area contributed by atoms with E-state index in [-0.39, 0.29) is 19.4 Å². The largest absolute Gasteiger partial charge is 0.497 e. The summed E-state index contributed by atoms with van der Waals surface area (Å²) < 4.78 is 51.1. The predicted molar refractivity (Wildman–Crippen MR) is 135 cm³/mol. The number of aliphatic hydroxyl groups excluding tert-OH is 1. The Labute approximate surface area is 218 Å². The number of aliphatic carboxylic acids is 1. The van der Waals surface area contributed by atoms with Crippen molar-refractivity contribution < 1.29 is 37.7 Å². The van der Waals surface area contributed by atoms with Gasteiger partial charge in [0, 0.05) is 30.3 Å². The number of hydrogen-bond donors (Lipinski definition) is 2. The van der Waals surface area contributed by atoms with Crippen molar-refractivity contribution in [1.82, 2.24) is 9.88 Å². The quantitative estimate of drug-likeness (QED) is 0.379. The summed E-state index contributed by atoms with van der Waals surface area (Å²) in [5.41, 5.74) is 1.24. The molecule has 1 aliphatic rings. The summed E-state index contributed by atoms with van der Waals surface area (Å²) in [7, 11) is 1.56. The molecular formula is C28H31F3N2O5. The number of fused-ring (bicyclic) bond motifs is 1. The van der Waals surface area contributed by atoms with E-state index in [1.807, 2.05) is 24.0 Å². The van der Waals surface area contributed by atoms with E-state index < -0.39 is 40.7 Å². The Morgan fingerprint density at radius 3 is 2.47 bits per heavy atom. The summed E-state index contributed by atoms with van der Waals surface area (Å²) >= 11 is 0. The number of pyridine rings is 1. The molecule has 3 aromatic rings. The van der Waals surface area contributed by atoms with Gasteiger partial charge >= 0.3 is 5.97 Å². The molecule has 0 spiro atoms. The molecule has 1 fully saturated rings. The van der Waals surface area contributed by atoms with E-state index in [9.17, 15) is 28.2 Å². The number of carboxylic acid groups (broad SMARTS) is 1. The molecule has 2 N–H and O–H groups in total. The molecule has 0 saturated carbocycles. The summed E-state index contributed by atoms with van der Waals surface area (Å²) in [6.07, 6.45) is 2.08. The number of hydrogen-bond acceptors (Lipinski definition) is 6. The van der Waals surface area contributed by atoms with Crippen LogP contribution in [0.25, 0.3) is 10.9 Å². The van der Waals surface area contributed by atoms with Gasteiger partial charge in [-0.05, 0) is 75.0 Å². The normalized spacial score (nSPS) is 16.4. The minimum absolute atomic E-state index is 0.0316. The monoisotopic (exact) mass is 532 g/mol. The van der Waals surface area contributed by atoms with Crippen molar-refractivity contribution in [3.63, 3.8) is 0 Å². The maximum Gasteiger partial charge on any atom is 0.309 e. The molecule has 1 aromatic heterocycles. The highest BCUT2D eigenvalue weighted by atomic mass is 19.1. The number of aromatic nitrogens is 1. The van der Waals surface area contributed by atoms with Crippen molar-refractivity contribution in [2.75, 3.05) is 33.4 Å². The molecule has 1 saturated heterocycles. The molecule has 1 aliphatic heterocycles. The lowest BCUT2D eigenvalue weighted by Gasteiger charge is -2.39. The number of benzene rings is 2. The smallest absolute Gasteiger partial charge is 0.309 e. The zero-order valence-corrected chi connectivity index (χ0v) is 21.3. The van der Waals surface area contributed by atoms with Crippen LogP contribution in [0.3, 0.4) is 0 Å². The first-order chi connectivity index (χ1) is 18.1. The number of carboxylic acids is 1. The number of methoxy groups -OCH3 is 1. The first-order valence-electron chi connectivity index (χ1n) is 12.5. The molecule has 0 aliphatic carbocycles. The fourth-order valence-electron chi connectivity index (χ4n) is 5.14. The van der Waals surface area contributed by atoms with Crippen molar-refractivity contribution in [3.8, 4) is 11.5 Å². The Morgan fingerprint density at radius 2 is 1.84 bits per heavy atom. The molecule has 2 aromatic carbocycles. The zero-order valence-electron chi connectivity index (χ0n) is 21.3. The summed E-state index contributed by atoms with van der Waals surface area (Å²) in [4.78, 5) is 18.7. The van der Waals surface area contributed by atoms with Crippen molar-refractivity contribution in [2.45, 2.75) is 38.7 Å². The second-order valence-electron chi connectivity index (χ2n) is 9.77. The molecule has 38 heavy (non-hydrogen) atoms. The first kappa shape index (κ1) is 27.7. The summed E-state index contributed by atoms with van der Waals surface area (Å²) in [6.45, 7) is 3.07. The van der Waals surface area contributed by atoms with Crippen LogP contribution >= 0.6 is 0 Å². The SMILES string of the molecule is COc1ccc2ncc(C)c([C@@H](O)CCC3(C(=O)O)CCN(CCOc4c(F)cc(F)cc4F)CC3)c2c1. The molecule has 204 valence electrons. The fourth-order valence-corrected chi connectivity index (χ4v) is 5.14. The Hall–Kier alpha value is -3.37. The van der Waals surface area contributed by atoms with Crippen molar-refractivity contribution >= 4 is 16.9 Å². The maximum absolute atomic E-state index is 13.8. The number of halogens is 3. The third kappa shape index (κ3) is 5.86. The number of likely N-dealkylation sites (tertiary alicyclic amines) is 1. The van der Waals surface area contributed by atoms with Gasteiger partial charge in [-0.25, -0.2) is 13.2 Å². The molecule has 10 heteroatoms. The average Bonchev–Trinajstić information content (AvgIpc) is 2.89. The molecule has 0 radical (unpaired) electrons. The Kier molecular flexibility index (Phi) is 8.42. The van der Waals surface area contributed by atoms with Crippen LogP contribution in [0.15, 0.2) is 36.5 Å². The van der Waals surface area contributed by atoms with E-state index >= 15 is 0 Å². The van der Waals surface area contributed by atoms with Crippen LogP contribution in [0.1, 0.15) is 42.9 Å². The average molecular weight is 533 g/mol. The van der Waals surface area contributed by atoms with E-state index in [0.29, 0.717) is 61.4 Å². The molecule has 0 amide bonds. The van der Waals surface area contributed by atoms with E-state index in [1.165, 1.54) is 0 Å². The van der Waals surface area contributed by atoms with E-state index in [0.717, 1.165) is 10.9 Å². The third-order valence-corrected chi connectivity index (χ3v) is 7.43. The van der Waals surface area contributed by atoms with Gasteiger partial charge in [0.05, 0.1) is 24.1 Å². The summed E-state index contributed by atoms with van der Waals surface area (Å²) in [5.74, 6) is -4.14. The molecule has 1 atom stereocenters. The van der Waals surface area contributed by atoms with E-state index in [1.54, 1.807) is 19.4 Å². The van der Waals surface area contributed by atoms with Crippen LogP contribution in [0.2, 0.25) is 0 Å².